The van der Waals surface area contributed by atoms with Crippen LogP contribution in [0.4, 0.5) is 0 Å². The Morgan fingerprint density at radius 1 is 1.03 bits per heavy atom. The number of rotatable bonds is 9. The highest BCUT2D eigenvalue weighted by molar-refractivity contribution is 6.04. The van der Waals surface area contributed by atoms with Gasteiger partial charge in [-0.05, 0) is 56.7 Å². The third kappa shape index (κ3) is 4.44. The molecule has 0 amide bonds. The summed E-state index contributed by atoms with van der Waals surface area (Å²) in [4.78, 5) is 27.5. The quantitative estimate of drug-likeness (QED) is 0.480. The molecule has 0 saturated carbocycles. The summed E-state index contributed by atoms with van der Waals surface area (Å²) in [5.74, 6) is -1.10. The molecule has 168 valence electrons. The number of fused-ring (bicyclic) bond motifs is 1. The summed E-state index contributed by atoms with van der Waals surface area (Å²) >= 11 is 0. The van der Waals surface area contributed by atoms with Gasteiger partial charge in [-0.3, -0.25) is 14.6 Å². The zero-order chi connectivity index (χ0) is 23.5. The molecule has 3 aromatic rings. The maximum absolute atomic E-state index is 11.5. The van der Waals surface area contributed by atoms with Crippen molar-refractivity contribution in [2.24, 2.45) is 0 Å². The fraction of sp³-hybridized carbons (Fsp3) is 0.292. The molecule has 3 rings (SSSR count). The van der Waals surface area contributed by atoms with Crippen molar-refractivity contribution in [3.8, 4) is 17.2 Å². The predicted molar refractivity (Wildman–Crippen MR) is 117 cm³/mol. The van der Waals surface area contributed by atoms with Crippen LogP contribution >= 0.6 is 0 Å². The summed E-state index contributed by atoms with van der Waals surface area (Å²) in [5, 5.41) is 19.5. The lowest BCUT2D eigenvalue weighted by molar-refractivity contribution is -0.156. The lowest BCUT2D eigenvalue weighted by Crippen LogP contribution is -2.40. The van der Waals surface area contributed by atoms with E-state index in [0.717, 1.165) is 23.4 Å². The van der Waals surface area contributed by atoms with Crippen LogP contribution in [0.15, 0.2) is 48.7 Å². The Balaban J connectivity index is 1.88. The number of carboxylic acids is 2. The van der Waals surface area contributed by atoms with Crippen LogP contribution in [0.1, 0.15) is 31.9 Å². The summed E-state index contributed by atoms with van der Waals surface area (Å²) in [6.07, 6.45) is 1.61. The fourth-order valence-corrected chi connectivity index (χ4v) is 3.18. The van der Waals surface area contributed by atoms with Gasteiger partial charge in [0.15, 0.2) is 5.41 Å². The third-order valence-electron chi connectivity index (χ3n) is 5.13. The van der Waals surface area contributed by atoms with Crippen LogP contribution < -0.4 is 14.2 Å². The van der Waals surface area contributed by atoms with E-state index in [1.165, 1.54) is 12.1 Å². The molecule has 0 fully saturated rings. The Morgan fingerprint density at radius 2 is 1.66 bits per heavy atom. The summed E-state index contributed by atoms with van der Waals surface area (Å²) in [7, 11) is 1.59. The van der Waals surface area contributed by atoms with Crippen molar-refractivity contribution in [3.05, 3.63) is 59.8 Å². The molecule has 2 aromatic carbocycles. The highest BCUT2D eigenvalue weighted by Gasteiger charge is 2.43. The van der Waals surface area contributed by atoms with Crippen molar-refractivity contribution < 1.29 is 34.0 Å². The normalized spacial score (nSPS) is 11.4. The summed E-state index contributed by atoms with van der Waals surface area (Å²) < 4.78 is 17.2. The Morgan fingerprint density at radius 3 is 2.22 bits per heavy atom. The van der Waals surface area contributed by atoms with Gasteiger partial charge in [0.25, 0.3) is 0 Å². The minimum atomic E-state index is -2.04. The largest absolute Gasteiger partial charge is 0.497 e. The summed E-state index contributed by atoms with van der Waals surface area (Å²) in [6.45, 7) is 5.16. The summed E-state index contributed by atoms with van der Waals surface area (Å²) in [6, 6.07) is 11.5. The van der Waals surface area contributed by atoms with Crippen molar-refractivity contribution >= 4 is 22.8 Å². The van der Waals surface area contributed by atoms with Crippen molar-refractivity contribution in [1.29, 1.82) is 0 Å². The molecule has 0 aliphatic carbocycles. The van der Waals surface area contributed by atoms with Gasteiger partial charge >= 0.3 is 11.9 Å². The lowest BCUT2D eigenvalue weighted by Gasteiger charge is -2.20. The van der Waals surface area contributed by atoms with E-state index in [1.54, 1.807) is 25.4 Å². The molecule has 0 unspecified atom stereocenters. The van der Waals surface area contributed by atoms with Gasteiger partial charge in [0.05, 0.1) is 24.3 Å². The topological polar surface area (TPSA) is 115 Å². The first-order chi connectivity index (χ1) is 15.2. The van der Waals surface area contributed by atoms with Crippen LogP contribution in [0, 0.1) is 0 Å². The van der Waals surface area contributed by atoms with Crippen LogP contribution in [-0.2, 0) is 21.6 Å². The molecular formula is C24H25NO7. The van der Waals surface area contributed by atoms with Crippen LogP contribution in [0.2, 0.25) is 0 Å². The molecule has 0 radical (unpaired) electrons. The number of aliphatic carboxylic acids is 2. The third-order valence-corrected chi connectivity index (χ3v) is 5.13. The number of hydrogen-bond donors (Lipinski definition) is 2. The van der Waals surface area contributed by atoms with Crippen LogP contribution in [0.5, 0.6) is 17.2 Å². The predicted octanol–water partition coefficient (Wildman–Crippen LogP) is 4.04. The van der Waals surface area contributed by atoms with E-state index >= 15 is 0 Å². The molecule has 1 aromatic heterocycles. The molecule has 2 N–H and O–H groups in total. The SMILES string of the molecule is COc1ccc2ncc(COc3ccc(C(C)(C(=O)O)C(=O)O)cc3)c(OC(C)C)c2c1. The Kier molecular flexibility index (Phi) is 6.53. The molecule has 1 heterocycles. The van der Waals surface area contributed by atoms with Crippen LogP contribution in [0.25, 0.3) is 10.9 Å². The second-order valence-corrected chi connectivity index (χ2v) is 7.71. The van der Waals surface area contributed by atoms with Crippen LogP contribution in [0.3, 0.4) is 0 Å². The molecule has 0 aliphatic rings. The van der Waals surface area contributed by atoms with E-state index in [9.17, 15) is 19.8 Å². The number of hydrogen-bond acceptors (Lipinski definition) is 6. The van der Waals surface area contributed by atoms with E-state index in [-0.39, 0.29) is 18.3 Å². The molecule has 8 nitrogen and oxygen atoms in total. The van der Waals surface area contributed by atoms with Gasteiger partial charge in [-0.1, -0.05) is 12.1 Å². The van der Waals surface area contributed by atoms with Gasteiger partial charge < -0.3 is 24.4 Å². The van der Waals surface area contributed by atoms with E-state index in [2.05, 4.69) is 4.98 Å². The van der Waals surface area contributed by atoms with E-state index in [4.69, 9.17) is 14.2 Å². The fourth-order valence-electron chi connectivity index (χ4n) is 3.18. The standard InChI is InChI=1S/C24H25NO7/c1-14(2)32-21-15(12-25-20-10-9-18(30-4)11-19(20)21)13-31-17-7-5-16(6-8-17)24(3,22(26)27)23(28)29/h5-12,14H,13H2,1-4H3,(H,26,27)(H,28,29). The molecule has 8 heteroatoms. The molecule has 0 atom stereocenters. The number of nitrogens with zero attached hydrogens (tertiary/aromatic N) is 1. The highest BCUT2D eigenvalue weighted by Crippen LogP contribution is 2.33. The first kappa shape index (κ1) is 22.9. The maximum atomic E-state index is 11.5. The average molecular weight is 439 g/mol. The van der Waals surface area contributed by atoms with E-state index in [1.807, 2.05) is 32.0 Å². The van der Waals surface area contributed by atoms with Gasteiger partial charge in [-0.15, -0.1) is 0 Å². The van der Waals surface area contributed by atoms with E-state index in [0.29, 0.717) is 17.2 Å². The van der Waals surface area contributed by atoms with Crippen molar-refractivity contribution in [2.75, 3.05) is 7.11 Å². The molecular weight excluding hydrogens is 414 g/mol. The molecule has 0 bridgehead atoms. The second-order valence-electron chi connectivity index (χ2n) is 7.71. The van der Waals surface area contributed by atoms with Crippen molar-refractivity contribution in [1.82, 2.24) is 4.98 Å². The van der Waals surface area contributed by atoms with Crippen molar-refractivity contribution in [3.63, 3.8) is 0 Å². The van der Waals surface area contributed by atoms with Crippen LogP contribution in [-0.4, -0.2) is 40.3 Å². The molecule has 0 aliphatic heterocycles. The number of carboxylic acid groups (broad SMARTS) is 2. The first-order valence-corrected chi connectivity index (χ1v) is 9.99. The first-order valence-electron chi connectivity index (χ1n) is 9.99. The minimum Gasteiger partial charge on any atom is -0.497 e. The monoisotopic (exact) mass is 439 g/mol. The zero-order valence-electron chi connectivity index (χ0n) is 18.3. The minimum absolute atomic E-state index is 0.0745. The molecule has 0 spiro atoms. The number of ether oxygens (including phenoxy) is 3. The van der Waals surface area contributed by atoms with E-state index < -0.39 is 17.4 Å². The Hall–Kier alpha value is -3.81. The molecule has 0 saturated heterocycles. The van der Waals surface area contributed by atoms with Gasteiger partial charge in [0, 0.05) is 11.6 Å². The lowest BCUT2D eigenvalue weighted by atomic mass is 9.83. The average Bonchev–Trinajstić information content (AvgIpc) is 2.77. The second kappa shape index (κ2) is 9.13. The number of pyridine rings is 1. The van der Waals surface area contributed by atoms with Gasteiger partial charge in [-0.25, -0.2) is 0 Å². The summed E-state index contributed by atoms with van der Waals surface area (Å²) in [5.41, 5.74) is -0.410. The van der Waals surface area contributed by atoms with Gasteiger partial charge in [-0.2, -0.15) is 0 Å². The highest BCUT2D eigenvalue weighted by atomic mass is 16.5. The Bertz CT molecular complexity index is 1130. The number of carbonyl (C=O) groups is 2. The zero-order valence-corrected chi connectivity index (χ0v) is 18.3. The number of aromatic nitrogens is 1. The van der Waals surface area contributed by atoms with Crippen molar-refractivity contribution in [2.45, 2.75) is 38.9 Å². The van der Waals surface area contributed by atoms with Gasteiger partial charge in [0.2, 0.25) is 0 Å². The van der Waals surface area contributed by atoms with Gasteiger partial charge in [0.1, 0.15) is 23.9 Å². The molecule has 32 heavy (non-hydrogen) atoms. The smallest absolute Gasteiger partial charge is 0.325 e. The Labute approximate surface area is 185 Å². The maximum Gasteiger partial charge on any atom is 0.325 e. The number of benzene rings is 2. The number of methoxy groups -OCH3 is 1.